The first-order valence-corrected chi connectivity index (χ1v) is 11.6. The van der Waals surface area contributed by atoms with E-state index in [0.717, 1.165) is 23.8 Å². The van der Waals surface area contributed by atoms with Gasteiger partial charge in [0.05, 0.1) is 18.5 Å². The fourth-order valence-corrected chi connectivity index (χ4v) is 3.13. The van der Waals surface area contributed by atoms with E-state index in [2.05, 4.69) is 30.0 Å². The molecule has 0 spiro atoms. The van der Waals surface area contributed by atoms with E-state index in [4.69, 9.17) is 10.5 Å². The Balaban J connectivity index is 1.59. The van der Waals surface area contributed by atoms with Crippen molar-refractivity contribution in [1.82, 2.24) is 24.7 Å². The van der Waals surface area contributed by atoms with E-state index in [1.165, 1.54) is 0 Å². The Kier molecular flexibility index (Phi) is 7.32. The Labute approximate surface area is 181 Å². The van der Waals surface area contributed by atoms with Crippen molar-refractivity contribution in [3.8, 4) is 11.6 Å². The van der Waals surface area contributed by atoms with Crippen LogP contribution in [0.2, 0.25) is 0 Å². The molecule has 2 aromatic heterocycles. The summed E-state index contributed by atoms with van der Waals surface area (Å²) in [5.74, 6) is 1.49. The number of nitrogens with one attached hydrogen (secondary N) is 2. The quantitative estimate of drug-likeness (QED) is 0.428. The minimum absolute atomic E-state index is 0.0972. The van der Waals surface area contributed by atoms with Crippen molar-refractivity contribution in [2.75, 3.05) is 23.9 Å². The lowest BCUT2D eigenvalue weighted by atomic mass is 10.1. The van der Waals surface area contributed by atoms with Crippen LogP contribution >= 0.6 is 0 Å². The monoisotopic (exact) mass is 443 g/mol. The molecule has 2 heterocycles. The van der Waals surface area contributed by atoms with Crippen LogP contribution in [0.25, 0.3) is 0 Å². The summed E-state index contributed by atoms with van der Waals surface area (Å²) in [5, 5.41) is 3.10. The predicted octanol–water partition coefficient (Wildman–Crippen LogP) is 1.91. The van der Waals surface area contributed by atoms with E-state index in [1.54, 1.807) is 30.6 Å². The molecule has 10 nitrogen and oxygen atoms in total. The van der Waals surface area contributed by atoms with Gasteiger partial charge in [-0.1, -0.05) is 19.1 Å². The van der Waals surface area contributed by atoms with Crippen molar-refractivity contribution in [2.24, 2.45) is 0 Å². The number of hydrogen-bond donors (Lipinski definition) is 3. The topological polar surface area (TPSA) is 145 Å². The van der Waals surface area contributed by atoms with Gasteiger partial charge in [0.2, 0.25) is 27.8 Å². The predicted molar refractivity (Wildman–Crippen MR) is 118 cm³/mol. The van der Waals surface area contributed by atoms with Crippen molar-refractivity contribution in [2.45, 2.75) is 26.3 Å². The van der Waals surface area contributed by atoms with Crippen LogP contribution in [0.5, 0.6) is 11.6 Å². The van der Waals surface area contributed by atoms with Crippen molar-refractivity contribution in [3.63, 3.8) is 0 Å². The van der Waals surface area contributed by atoms with E-state index in [1.807, 2.05) is 19.1 Å². The number of benzene rings is 1. The maximum atomic E-state index is 11.1. The molecule has 11 heteroatoms. The van der Waals surface area contributed by atoms with E-state index < -0.39 is 10.0 Å². The number of hydrogen-bond acceptors (Lipinski definition) is 9. The average molecular weight is 444 g/mol. The number of anilines is 2. The largest absolute Gasteiger partial charge is 0.439 e. The van der Waals surface area contributed by atoms with Gasteiger partial charge in [-0.3, -0.25) is 0 Å². The van der Waals surface area contributed by atoms with Crippen molar-refractivity contribution < 1.29 is 13.2 Å². The highest BCUT2D eigenvalue weighted by atomic mass is 32.2. The molecule has 3 rings (SSSR count). The zero-order valence-corrected chi connectivity index (χ0v) is 18.2. The van der Waals surface area contributed by atoms with Gasteiger partial charge in [-0.2, -0.15) is 4.98 Å². The molecule has 0 amide bonds. The third-order valence-electron chi connectivity index (χ3n) is 4.24. The first-order valence-electron chi connectivity index (χ1n) is 9.70. The number of nitrogens with zero attached hydrogens (tertiary/aromatic N) is 4. The molecule has 0 fully saturated rings. The molecule has 0 aliphatic heterocycles. The maximum Gasteiger partial charge on any atom is 0.224 e. The van der Waals surface area contributed by atoms with Crippen molar-refractivity contribution >= 4 is 21.9 Å². The number of aromatic nitrogens is 4. The number of nitrogen functional groups attached to an aromatic ring is 1. The summed E-state index contributed by atoms with van der Waals surface area (Å²) < 4.78 is 30.5. The summed E-state index contributed by atoms with van der Waals surface area (Å²) in [5.41, 5.74) is 8.49. The molecule has 0 radical (unpaired) electrons. The summed E-state index contributed by atoms with van der Waals surface area (Å²) in [6, 6.07) is 8.99. The van der Waals surface area contributed by atoms with Crippen LogP contribution in [0, 0.1) is 0 Å². The van der Waals surface area contributed by atoms with Gasteiger partial charge in [-0.25, -0.2) is 28.1 Å². The van der Waals surface area contributed by atoms with Crippen LogP contribution in [0.15, 0.2) is 42.7 Å². The third kappa shape index (κ3) is 7.46. The van der Waals surface area contributed by atoms with Gasteiger partial charge in [-0.05, 0) is 36.1 Å². The number of rotatable bonds is 10. The summed E-state index contributed by atoms with van der Waals surface area (Å²) in [6.45, 7) is 2.74. The minimum atomic E-state index is -3.19. The normalized spacial score (nSPS) is 11.3. The minimum Gasteiger partial charge on any atom is -0.439 e. The summed E-state index contributed by atoms with van der Waals surface area (Å²) >= 11 is 0. The molecule has 4 N–H and O–H groups in total. The molecular formula is C20H25N7O3S. The van der Waals surface area contributed by atoms with E-state index in [9.17, 15) is 8.42 Å². The van der Waals surface area contributed by atoms with Crippen molar-refractivity contribution in [1.29, 1.82) is 0 Å². The molecule has 0 atom stereocenters. The number of nitrogens with two attached hydrogens (primary N) is 1. The molecule has 0 saturated heterocycles. The van der Waals surface area contributed by atoms with Crippen LogP contribution in [-0.2, 0) is 29.4 Å². The zero-order chi connectivity index (χ0) is 22.3. The van der Waals surface area contributed by atoms with E-state index in [0.29, 0.717) is 42.8 Å². The van der Waals surface area contributed by atoms with Gasteiger partial charge >= 0.3 is 0 Å². The second-order valence-electron chi connectivity index (χ2n) is 6.84. The van der Waals surface area contributed by atoms with Gasteiger partial charge in [0.15, 0.2) is 0 Å². The Morgan fingerprint density at radius 1 is 1.06 bits per heavy atom. The zero-order valence-electron chi connectivity index (χ0n) is 17.4. The van der Waals surface area contributed by atoms with Crippen LogP contribution in [-0.4, -0.2) is 41.2 Å². The maximum absolute atomic E-state index is 11.1. The summed E-state index contributed by atoms with van der Waals surface area (Å²) in [7, 11) is -3.19. The standard InChI is InChI=1S/C20H25N7O3S/c1-3-14-11-22-20(23-12-14)24-13-16-10-18(27-19(21)26-16)30-17-6-4-15(5-7-17)8-9-25-31(2,28)29/h4-7,10-12,25H,3,8-9,13H2,1-2H3,(H2,21,26,27)(H,22,23,24). The number of sulfonamides is 1. The Hall–Kier alpha value is -3.31. The summed E-state index contributed by atoms with van der Waals surface area (Å²) in [6.07, 6.45) is 6.14. The third-order valence-corrected chi connectivity index (χ3v) is 4.97. The van der Waals surface area contributed by atoms with E-state index in [-0.39, 0.29) is 5.95 Å². The highest BCUT2D eigenvalue weighted by molar-refractivity contribution is 7.88. The van der Waals surface area contributed by atoms with Crippen LogP contribution in [0.3, 0.4) is 0 Å². The first-order chi connectivity index (χ1) is 14.8. The lowest BCUT2D eigenvalue weighted by molar-refractivity contribution is 0.461. The van der Waals surface area contributed by atoms with Crippen molar-refractivity contribution in [3.05, 3.63) is 59.5 Å². The molecule has 0 aliphatic rings. The SMILES string of the molecule is CCc1cnc(NCc2cc(Oc3ccc(CCNS(C)(=O)=O)cc3)nc(N)n2)nc1. The average Bonchev–Trinajstić information content (AvgIpc) is 2.73. The highest BCUT2D eigenvalue weighted by Gasteiger charge is 2.07. The highest BCUT2D eigenvalue weighted by Crippen LogP contribution is 2.21. The molecule has 3 aromatic rings. The molecule has 164 valence electrons. The Bertz CT molecular complexity index is 1100. The Morgan fingerprint density at radius 3 is 2.42 bits per heavy atom. The van der Waals surface area contributed by atoms with Gasteiger partial charge < -0.3 is 15.8 Å². The van der Waals surface area contributed by atoms with E-state index >= 15 is 0 Å². The lowest BCUT2D eigenvalue weighted by Crippen LogP contribution is -2.24. The first kappa shape index (κ1) is 22.4. The fourth-order valence-electron chi connectivity index (χ4n) is 2.66. The van der Waals surface area contributed by atoms with Gasteiger partial charge in [0, 0.05) is 25.0 Å². The fraction of sp³-hybridized carbons (Fsp3) is 0.300. The molecule has 0 saturated carbocycles. The van der Waals surface area contributed by atoms with Gasteiger partial charge in [0.25, 0.3) is 0 Å². The van der Waals surface area contributed by atoms with Crippen LogP contribution in [0.4, 0.5) is 11.9 Å². The molecule has 1 aromatic carbocycles. The molecule has 0 bridgehead atoms. The molecule has 0 aliphatic carbocycles. The van der Waals surface area contributed by atoms with Crippen LogP contribution < -0.4 is 20.5 Å². The second-order valence-corrected chi connectivity index (χ2v) is 8.67. The van der Waals surface area contributed by atoms with Gasteiger partial charge in [-0.15, -0.1) is 0 Å². The molecular weight excluding hydrogens is 418 g/mol. The van der Waals surface area contributed by atoms with Crippen LogP contribution in [0.1, 0.15) is 23.7 Å². The van der Waals surface area contributed by atoms with Gasteiger partial charge in [0.1, 0.15) is 5.75 Å². The number of ether oxygens (including phenoxy) is 1. The lowest BCUT2D eigenvalue weighted by Gasteiger charge is -2.09. The Morgan fingerprint density at radius 2 is 1.77 bits per heavy atom. The second kappa shape index (κ2) is 10.1. The molecule has 0 unspecified atom stereocenters. The molecule has 31 heavy (non-hydrogen) atoms. The smallest absolute Gasteiger partial charge is 0.224 e. The number of aryl methyl sites for hydroxylation is 1. The summed E-state index contributed by atoms with van der Waals surface area (Å²) in [4.78, 5) is 16.8.